The molecule has 4 N–H and O–H groups in total. The van der Waals surface area contributed by atoms with Gasteiger partial charge in [0, 0.05) is 47.1 Å². The summed E-state index contributed by atoms with van der Waals surface area (Å²) in [7, 11) is 0. The lowest BCUT2D eigenvalue weighted by Crippen LogP contribution is -2.42. The van der Waals surface area contributed by atoms with Gasteiger partial charge in [-0.25, -0.2) is 0 Å². The highest BCUT2D eigenvalue weighted by Gasteiger charge is 2.26. The number of anilines is 1. The Kier molecular flexibility index (Phi) is 6.66. The number of nitrogens with one attached hydrogen (secondary N) is 2. The third-order valence-electron chi connectivity index (χ3n) is 4.63. The van der Waals surface area contributed by atoms with Gasteiger partial charge in [0.15, 0.2) is 0 Å². The first-order chi connectivity index (χ1) is 12.9. The van der Waals surface area contributed by atoms with E-state index in [-0.39, 0.29) is 12.2 Å². The molecule has 1 aliphatic heterocycles. The fourth-order valence-electron chi connectivity index (χ4n) is 3.47. The SMILES string of the molecule is C/C(N)=C\C(C)NCCN1Cc2ccccc2NC1c1cc(Cl)cc(Cl)c1. The zero-order valence-corrected chi connectivity index (χ0v) is 17.2. The lowest BCUT2D eigenvalue weighted by molar-refractivity contribution is 0.198. The van der Waals surface area contributed by atoms with Crippen LogP contribution < -0.4 is 16.4 Å². The Morgan fingerprint density at radius 3 is 2.70 bits per heavy atom. The molecule has 0 saturated heterocycles. The minimum absolute atomic E-state index is 0.0139. The van der Waals surface area contributed by atoms with Crippen molar-refractivity contribution in [2.45, 2.75) is 32.6 Å². The van der Waals surface area contributed by atoms with E-state index in [2.05, 4.69) is 40.7 Å². The summed E-state index contributed by atoms with van der Waals surface area (Å²) in [5.74, 6) is 0. The van der Waals surface area contributed by atoms with E-state index < -0.39 is 0 Å². The predicted octanol–water partition coefficient (Wildman–Crippen LogP) is 4.76. The van der Waals surface area contributed by atoms with Crippen LogP contribution in [-0.2, 0) is 6.54 Å². The third kappa shape index (κ3) is 5.39. The lowest BCUT2D eigenvalue weighted by Gasteiger charge is -2.38. The molecule has 144 valence electrons. The monoisotopic (exact) mass is 404 g/mol. The molecule has 0 aromatic heterocycles. The first-order valence-electron chi connectivity index (χ1n) is 9.14. The zero-order valence-electron chi connectivity index (χ0n) is 15.7. The van der Waals surface area contributed by atoms with Crippen molar-refractivity contribution in [3.05, 3.63) is 75.4 Å². The highest BCUT2D eigenvalue weighted by Crippen LogP contribution is 2.34. The van der Waals surface area contributed by atoms with E-state index in [0.717, 1.165) is 36.6 Å². The predicted molar refractivity (Wildman–Crippen MR) is 115 cm³/mol. The van der Waals surface area contributed by atoms with E-state index >= 15 is 0 Å². The van der Waals surface area contributed by atoms with E-state index in [4.69, 9.17) is 28.9 Å². The maximum Gasteiger partial charge on any atom is 0.106 e. The number of nitrogens with two attached hydrogens (primary N) is 1. The molecule has 1 aliphatic rings. The number of hydrogen-bond donors (Lipinski definition) is 3. The van der Waals surface area contributed by atoms with Crippen LogP contribution in [0.5, 0.6) is 0 Å². The molecule has 2 unspecified atom stereocenters. The van der Waals surface area contributed by atoms with E-state index in [0.29, 0.717) is 10.0 Å². The molecule has 1 heterocycles. The van der Waals surface area contributed by atoms with Gasteiger partial charge < -0.3 is 16.4 Å². The molecular formula is C21H26Cl2N4. The molecule has 0 bridgehead atoms. The number of allylic oxidation sites excluding steroid dienone is 1. The average Bonchev–Trinajstić information content (AvgIpc) is 2.59. The van der Waals surface area contributed by atoms with Crippen LogP contribution in [0.4, 0.5) is 5.69 Å². The molecule has 27 heavy (non-hydrogen) atoms. The molecule has 2 atom stereocenters. The Hall–Kier alpha value is -1.72. The molecule has 3 rings (SSSR count). The first-order valence-corrected chi connectivity index (χ1v) is 9.90. The van der Waals surface area contributed by atoms with Gasteiger partial charge in [-0.2, -0.15) is 0 Å². The number of benzene rings is 2. The van der Waals surface area contributed by atoms with Crippen LogP contribution in [0.25, 0.3) is 0 Å². The van der Waals surface area contributed by atoms with Gasteiger partial charge in [-0.3, -0.25) is 4.90 Å². The van der Waals surface area contributed by atoms with Gasteiger partial charge in [0.2, 0.25) is 0 Å². The van der Waals surface area contributed by atoms with Crippen LogP contribution >= 0.6 is 23.2 Å². The van der Waals surface area contributed by atoms with Gasteiger partial charge >= 0.3 is 0 Å². The van der Waals surface area contributed by atoms with Crippen LogP contribution in [0.15, 0.2) is 54.2 Å². The largest absolute Gasteiger partial charge is 0.402 e. The lowest BCUT2D eigenvalue weighted by atomic mass is 10.0. The summed E-state index contributed by atoms with van der Waals surface area (Å²) >= 11 is 12.5. The smallest absolute Gasteiger partial charge is 0.106 e. The van der Waals surface area contributed by atoms with Crippen molar-refractivity contribution < 1.29 is 0 Å². The Labute approximate surface area is 171 Å². The van der Waals surface area contributed by atoms with Gasteiger partial charge in [-0.05, 0) is 55.3 Å². The van der Waals surface area contributed by atoms with Crippen LogP contribution in [-0.4, -0.2) is 24.0 Å². The zero-order chi connectivity index (χ0) is 19.4. The molecule has 4 nitrogen and oxygen atoms in total. The summed E-state index contributed by atoms with van der Waals surface area (Å²) in [5.41, 5.74) is 10.1. The second kappa shape index (κ2) is 8.98. The minimum Gasteiger partial charge on any atom is -0.402 e. The molecule has 0 fully saturated rings. The molecule has 2 aromatic carbocycles. The standard InChI is InChI=1S/C21H26Cl2N4/c1-14(24)9-15(2)25-7-8-27-13-16-5-3-4-6-20(16)26-21(27)17-10-18(22)12-19(23)11-17/h3-6,9-12,15,21,25-26H,7-8,13,24H2,1-2H3/b14-9+. The summed E-state index contributed by atoms with van der Waals surface area (Å²) in [6.45, 7) is 6.59. The van der Waals surface area contributed by atoms with Crippen LogP contribution in [0.1, 0.15) is 31.1 Å². The highest BCUT2D eigenvalue weighted by molar-refractivity contribution is 6.34. The number of hydrogen-bond acceptors (Lipinski definition) is 4. The summed E-state index contributed by atoms with van der Waals surface area (Å²) in [6.07, 6.45) is 2.04. The van der Waals surface area contributed by atoms with Crippen LogP contribution in [0.3, 0.4) is 0 Å². The molecule has 0 radical (unpaired) electrons. The summed E-state index contributed by atoms with van der Waals surface area (Å²) < 4.78 is 0. The molecule has 0 saturated carbocycles. The number of para-hydroxylation sites is 1. The van der Waals surface area contributed by atoms with Gasteiger partial charge in [-0.15, -0.1) is 0 Å². The van der Waals surface area contributed by atoms with E-state index in [1.165, 1.54) is 5.56 Å². The van der Waals surface area contributed by atoms with E-state index in [1.54, 1.807) is 6.07 Å². The normalized spacial score (nSPS) is 18.7. The fraction of sp³-hybridized carbons (Fsp3) is 0.333. The molecule has 0 aliphatic carbocycles. The Balaban J connectivity index is 1.78. The minimum atomic E-state index is 0.0139. The Morgan fingerprint density at radius 2 is 2.00 bits per heavy atom. The summed E-state index contributed by atoms with van der Waals surface area (Å²) in [5, 5.41) is 8.43. The molecule has 0 spiro atoms. The van der Waals surface area contributed by atoms with Crippen LogP contribution in [0, 0.1) is 0 Å². The third-order valence-corrected chi connectivity index (χ3v) is 5.06. The number of halogens is 2. The van der Waals surface area contributed by atoms with Crippen molar-refractivity contribution in [3.8, 4) is 0 Å². The number of fused-ring (bicyclic) bond motifs is 1. The fourth-order valence-corrected chi connectivity index (χ4v) is 4.02. The van der Waals surface area contributed by atoms with Crippen molar-refractivity contribution in [1.82, 2.24) is 10.2 Å². The Morgan fingerprint density at radius 1 is 1.30 bits per heavy atom. The summed E-state index contributed by atoms with van der Waals surface area (Å²) in [6, 6.07) is 14.3. The maximum absolute atomic E-state index is 6.25. The van der Waals surface area contributed by atoms with Crippen molar-refractivity contribution in [2.75, 3.05) is 18.4 Å². The quantitative estimate of drug-likeness (QED) is 0.649. The van der Waals surface area contributed by atoms with E-state index in [9.17, 15) is 0 Å². The van der Waals surface area contributed by atoms with Crippen molar-refractivity contribution >= 4 is 28.9 Å². The topological polar surface area (TPSA) is 53.3 Å². The van der Waals surface area contributed by atoms with Crippen molar-refractivity contribution in [2.24, 2.45) is 5.73 Å². The van der Waals surface area contributed by atoms with Gasteiger partial charge in [0.25, 0.3) is 0 Å². The van der Waals surface area contributed by atoms with E-state index in [1.807, 2.05) is 31.2 Å². The highest BCUT2D eigenvalue weighted by atomic mass is 35.5. The van der Waals surface area contributed by atoms with Crippen molar-refractivity contribution in [3.63, 3.8) is 0 Å². The number of nitrogens with zero attached hydrogens (tertiary/aromatic N) is 1. The number of rotatable bonds is 6. The van der Waals surface area contributed by atoms with Gasteiger partial charge in [-0.1, -0.05) is 41.4 Å². The molecule has 0 amide bonds. The first kappa shape index (κ1) is 20.0. The summed E-state index contributed by atoms with van der Waals surface area (Å²) in [4.78, 5) is 2.39. The van der Waals surface area contributed by atoms with Crippen LogP contribution in [0.2, 0.25) is 10.0 Å². The molecule has 2 aromatic rings. The van der Waals surface area contributed by atoms with Gasteiger partial charge in [0.1, 0.15) is 6.17 Å². The maximum atomic E-state index is 6.25. The average molecular weight is 405 g/mol. The second-order valence-electron chi connectivity index (χ2n) is 7.03. The van der Waals surface area contributed by atoms with Crippen molar-refractivity contribution in [1.29, 1.82) is 0 Å². The molecule has 6 heteroatoms. The molecular weight excluding hydrogens is 379 g/mol. The van der Waals surface area contributed by atoms with Gasteiger partial charge in [0.05, 0.1) is 0 Å². The second-order valence-corrected chi connectivity index (χ2v) is 7.90. The Bertz CT molecular complexity index is 797.